The summed E-state index contributed by atoms with van der Waals surface area (Å²) in [6.07, 6.45) is 0. The summed E-state index contributed by atoms with van der Waals surface area (Å²) in [6, 6.07) is 4.66. The molecule has 0 radical (unpaired) electrons. The molecule has 0 aliphatic carbocycles. The highest BCUT2D eigenvalue weighted by Gasteiger charge is 2.22. The lowest BCUT2D eigenvalue weighted by Gasteiger charge is -2.14. The smallest absolute Gasteiger partial charge is 0.325 e. The first-order valence-electron chi connectivity index (χ1n) is 8.11. The number of anilines is 2. The van der Waals surface area contributed by atoms with E-state index in [1.807, 2.05) is 5.38 Å². The zero-order valence-electron chi connectivity index (χ0n) is 15.2. The minimum atomic E-state index is -0.458. The van der Waals surface area contributed by atoms with Crippen LogP contribution < -0.4 is 10.6 Å². The first kappa shape index (κ1) is 19.7. The molecular weight excluding hydrogens is 407 g/mol. The number of aromatic nitrogens is 2. The van der Waals surface area contributed by atoms with Gasteiger partial charge >= 0.3 is 6.03 Å². The van der Waals surface area contributed by atoms with Gasteiger partial charge in [0.05, 0.1) is 15.7 Å². The van der Waals surface area contributed by atoms with E-state index in [2.05, 4.69) is 41.5 Å². The van der Waals surface area contributed by atoms with Gasteiger partial charge in [0.1, 0.15) is 11.4 Å². The molecule has 0 atom stereocenters. The van der Waals surface area contributed by atoms with Gasteiger partial charge in [-0.15, -0.1) is 11.3 Å². The number of benzene rings is 1. The number of hydrogen-bond donors (Lipinski definition) is 2. The summed E-state index contributed by atoms with van der Waals surface area (Å²) in [4.78, 5) is 16.9. The summed E-state index contributed by atoms with van der Waals surface area (Å²) in [7, 11) is 0. The van der Waals surface area contributed by atoms with E-state index in [1.54, 1.807) is 25.1 Å². The number of nitrogens with one attached hydrogen (secondary N) is 2. The number of nitrogens with zero attached hydrogens (tertiary/aromatic N) is 2. The maximum absolute atomic E-state index is 12.5. The van der Waals surface area contributed by atoms with Crippen LogP contribution in [0.1, 0.15) is 32.2 Å². The number of halogens is 2. The Morgan fingerprint density at radius 3 is 2.44 bits per heavy atom. The Morgan fingerprint density at radius 1 is 1.19 bits per heavy atom. The van der Waals surface area contributed by atoms with E-state index >= 15 is 0 Å². The molecule has 3 rings (SSSR count). The number of carbonyl (C=O) groups excluding carboxylic acids is 1. The molecule has 0 unspecified atom stereocenters. The Balaban J connectivity index is 1.83. The minimum Gasteiger partial charge on any atom is -0.359 e. The first-order valence-corrected chi connectivity index (χ1v) is 9.75. The van der Waals surface area contributed by atoms with E-state index in [9.17, 15) is 4.79 Å². The molecule has 6 nitrogen and oxygen atoms in total. The van der Waals surface area contributed by atoms with Crippen LogP contribution in [0.3, 0.4) is 0 Å². The van der Waals surface area contributed by atoms with Crippen LogP contribution in [0.5, 0.6) is 0 Å². The zero-order chi connectivity index (χ0) is 19.8. The molecule has 2 aromatic heterocycles. The topological polar surface area (TPSA) is 80.0 Å². The normalized spacial score (nSPS) is 11.5. The molecule has 0 saturated heterocycles. The maximum Gasteiger partial charge on any atom is 0.325 e. The van der Waals surface area contributed by atoms with Crippen molar-refractivity contribution >= 4 is 51.4 Å². The van der Waals surface area contributed by atoms with Gasteiger partial charge in [-0.05, 0) is 19.1 Å². The molecule has 2 heterocycles. The van der Waals surface area contributed by atoms with Crippen molar-refractivity contribution in [2.75, 3.05) is 10.6 Å². The second kappa shape index (κ2) is 7.50. The second-order valence-corrected chi connectivity index (χ2v) is 8.60. The molecule has 1 aromatic carbocycles. The number of carbonyl (C=O) groups is 1. The van der Waals surface area contributed by atoms with Crippen LogP contribution >= 0.6 is 34.5 Å². The van der Waals surface area contributed by atoms with Crippen molar-refractivity contribution in [1.82, 2.24) is 10.1 Å². The van der Waals surface area contributed by atoms with Gasteiger partial charge in [-0.2, -0.15) is 0 Å². The fourth-order valence-electron chi connectivity index (χ4n) is 2.33. The van der Waals surface area contributed by atoms with E-state index < -0.39 is 6.03 Å². The molecule has 0 aliphatic heterocycles. The molecule has 2 N–H and O–H groups in total. The number of amides is 2. The Kier molecular flexibility index (Phi) is 5.46. The van der Waals surface area contributed by atoms with Crippen molar-refractivity contribution < 1.29 is 9.32 Å². The third kappa shape index (κ3) is 4.26. The highest BCUT2D eigenvalue weighted by molar-refractivity contribution is 7.14. The second-order valence-electron chi connectivity index (χ2n) is 6.93. The Hall–Kier alpha value is -2.09. The van der Waals surface area contributed by atoms with Gasteiger partial charge in [0.2, 0.25) is 0 Å². The third-order valence-electron chi connectivity index (χ3n) is 3.79. The van der Waals surface area contributed by atoms with Crippen molar-refractivity contribution in [2.45, 2.75) is 33.1 Å². The summed E-state index contributed by atoms with van der Waals surface area (Å²) < 4.78 is 5.24. The van der Waals surface area contributed by atoms with Gasteiger partial charge in [0.15, 0.2) is 10.9 Å². The van der Waals surface area contributed by atoms with Gasteiger partial charge < -0.3 is 9.84 Å². The van der Waals surface area contributed by atoms with Crippen molar-refractivity contribution in [3.05, 3.63) is 45.1 Å². The quantitative estimate of drug-likeness (QED) is 0.512. The van der Waals surface area contributed by atoms with Crippen LogP contribution in [-0.2, 0) is 5.41 Å². The number of rotatable bonds is 3. The molecule has 9 heteroatoms. The molecule has 0 fully saturated rings. The predicted octanol–water partition coefficient (Wildman–Crippen LogP) is 6.35. The van der Waals surface area contributed by atoms with E-state index in [1.165, 1.54) is 11.3 Å². The standard InChI is InChI=1S/C18H18Cl2N4O2S/c1-9-14(15(24-26-9)13-10(19)6-5-7-11(13)20)22-16(25)23-17-21-12(8-27-17)18(2,3)4/h5-8H,1-4H3,(H2,21,22,23,25). The van der Waals surface area contributed by atoms with E-state index in [0.29, 0.717) is 37.9 Å². The summed E-state index contributed by atoms with van der Waals surface area (Å²) >= 11 is 13.9. The number of thiazole rings is 1. The van der Waals surface area contributed by atoms with Crippen LogP contribution in [0, 0.1) is 6.92 Å². The molecular formula is C18H18Cl2N4O2S. The lowest BCUT2D eigenvalue weighted by atomic mass is 9.93. The van der Waals surface area contributed by atoms with Crippen LogP contribution in [-0.4, -0.2) is 16.2 Å². The lowest BCUT2D eigenvalue weighted by Crippen LogP contribution is -2.20. The fourth-order valence-corrected chi connectivity index (χ4v) is 3.84. The highest BCUT2D eigenvalue weighted by atomic mass is 35.5. The number of urea groups is 1. The van der Waals surface area contributed by atoms with Gasteiger partial charge in [0, 0.05) is 16.4 Å². The summed E-state index contributed by atoms with van der Waals surface area (Å²) in [5, 5.41) is 12.7. The number of aryl methyl sites for hydroxylation is 1. The summed E-state index contributed by atoms with van der Waals surface area (Å²) in [6.45, 7) is 7.88. The van der Waals surface area contributed by atoms with E-state index in [4.69, 9.17) is 27.7 Å². The average molecular weight is 425 g/mol. The lowest BCUT2D eigenvalue weighted by molar-refractivity contribution is 0.262. The Bertz CT molecular complexity index is 971. The minimum absolute atomic E-state index is 0.0913. The molecule has 0 bridgehead atoms. The molecule has 142 valence electrons. The van der Waals surface area contributed by atoms with Crippen LogP contribution in [0.2, 0.25) is 10.0 Å². The Labute approximate surface area is 170 Å². The van der Waals surface area contributed by atoms with Crippen molar-refractivity contribution in [2.24, 2.45) is 0 Å². The van der Waals surface area contributed by atoms with Gasteiger partial charge in [-0.25, -0.2) is 9.78 Å². The van der Waals surface area contributed by atoms with Crippen LogP contribution in [0.4, 0.5) is 15.6 Å². The first-order chi connectivity index (χ1) is 12.7. The third-order valence-corrected chi connectivity index (χ3v) is 5.18. The van der Waals surface area contributed by atoms with E-state index in [-0.39, 0.29) is 5.41 Å². The summed E-state index contributed by atoms with van der Waals surface area (Å²) in [5.74, 6) is 0.436. The fraction of sp³-hybridized carbons (Fsp3) is 0.278. The average Bonchev–Trinajstić information content (AvgIpc) is 3.16. The zero-order valence-corrected chi connectivity index (χ0v) is 17.5. The van der Waals surface area contributed by atoms with Gasteiger partial charge in [0.25, 0.3) is 0 Å². The molecule has 27 heavy (non-hydrogen) atoms. The van der Waals surface area contributed by atoms with Crippen LogP contribution in [0.25, 0.3) is 11.3 Å². The summed E-state index contributed by atoms with van der Waals surface area (Å²) in [5.41, 5.74) is 2.08. The maximum atomic E-state index is 12.5. The highest BCUT2D eigenvalue weighted by Crippen LogP contribution is 2.39. The predicted molar refractivity (Wildman–Crippen MR) is 110 cm³/mol. The molecule has 3 aromatic rings. The van der Waals surface area contributed by atoms with E-state index in [0.717, 1.165) is 5.69 Å². The van der Waals surface area contributed by atoms with Crippen molar-refractivity contribution in [3.63, 3.8) is 0 Å². The van der Waals surface area contributed by atoms with Crippen LogP contribution in [0.15, 0.2) is 28.1 Å². The molecule has 0 spiro atoms. The molecule has 0 saturated carbocycles. The van der Waals surface area contributed by atoms with Crippen molar-refractivity contribution in [1.29, 1.82) is 0 Å². The molecule has 0 aliphatic rings. The monoisotopic (exact) mass is 424 g/mol. The SMILES string of the molecule is Cc1onc(-c2c(Cl)cccc2Cl)c1NC(=O)Nc1nc(C(C)(C)C)cs1. The molecule has 2 amide bonds. The largest absolute Gasteiger partial charge is 0.359 e. The van der Waals surface area contributed by atoms with Gasteiger partial charge in [-0.1, -0.05) is 55.2 Å². The number of hydrogen-bond acceptors (Lipinski definition) is 5. The van der Waals surface area contributed by atoms with Gasteiger partial charge in [-0.3, -0.25) is 5.32 Å². The van der Waals surface area contributed by atoms with Crippen molar-refractivity contribution in [3.8, 4) is 11.3 Å². The Morgan fingerprint density at radius 2 is 1.85 bits per heavy atom.